The first-order valence-electron chi connectivity index (χ1n) is 7.39. The van der Waals surface area contributed by atoms with Gasteiger partial charge in [0, 0.05) is 30.4 Å². The Kier molecular flexibility index (Phi) is 4.66. The van der Waals surface area contributed by atoms with Crippen molar-refractivity contribution in [3.63, 3.8) is 0 Å². The molecule has 1 N–H and O–H groups in total. The van der Waals surface area contributed by atoms with E-state index in [-0.39, 0.29) is 6.04 Å². The zero-order valence-electron chi connectivity index (χ0n) is 12.4. The number of thiophene rings is 1. The lowest BCUT2D eigenvalue weighted by Gasteiger charge is -2.30. The molecule has 1 saturated heterocycles. The molecule has 0 aliphatic carbocycles. The van der Waals surface area contributed by atoms with Crippen molar-refractivity contribution in [3.05, 3.63) is 17.0 Å². The second-order valence-electron chi connectivity index (χ2n) is 5.96. The van der Waals surface area contributed by atoms with Crippen LogP contribution in [0.2, 0.25) is 0 Å². The van der Waals surface area contributed by atoms with Crippen molar-refractivity contribution >= 4 is 33.1 Å². The van der Waals surface area contributed by atoms with Gasteiger partial charge in [-0.3, -0.25) is 0 Å². The molecule has 21 heavy (non-hydrogen) atoms. The summed E-state index contributed by atoms with van der Waals surface area (Å²) < 4.78 is 26.7. The van der Waals surface area contributed by atoms with E-state index in [9.17, 15) is 8.42 Å². The molecule has 0 unspecified atom stereocenters. The van der Waals surface area contributed by atoms with Gasteiger partial charge in [-0.25, -0.2) is 8.42 Å². The fourth-order valence-electron chi connectivity index (χ4n) is 3.27. The number of nitrogens with zero attached hydrogens (tertiary/aromatic N) is 1. The van der Waals surface area contributed by atoms with Crippen LogP contribution >= 0.6 is 23.1 Å². The van der Waals surface area contributed by atoms with Gasteiger partial charge in [-0.2, -0.15) is 4.31 Å². The van der Waals surface area contributed by atoms with E-state index < -0.39 is 10.0 Å². The molecule has 7 heteroatoms. The Morgan fingerprint density at radius 1 is 1.48 bits per heavy atom. The van der Waals surface area contributed by atoms with Crippen LogP contribution in [0.25, 0.3) is 0 Å². The molecular formula is C14H22N2O2S3. The fraction of sp³-hybridized carbons (Fsp3) is 0.714. The van der Waals surface area contributed by atoms with Gasteiger partial charge in [0.2, 0.25) is 10.0 Å². The molecule has 2 aliphatic rings. The quantitative estimate of drug-likeness (QED) is 0.911. The van der Waals surface area contributed by atoms with Gasteiger partial charge < -0.3 is 5.32 Å². The minimum Gasteiger partial charge on any atom is -0.308 e. The number of sulfonamides is 1. The van der Waals surface area contributed by atoms with Gasteiger partial charge in [0.05, 0.1) is 10.5 Å². The Bertz CT molecular complexity index is 599. The molecule has 1 fully saturated rings. The molecule has 0 radical (unpaired) electrons. The van der Waals surface area contributed by atoms with Crippen molar-refractivity contribution in [2.24, 2.45) is 0 Å². The standard InChI is InChI=1S/C14H22N2O2S3/c1-10-8-13(12-5-7-19-14(12)20-10)15-9-11-4-3-6-16(11)21(2,17)18/h5,7,10-11,13,15H,3-4,6,8-9H2,1-2H3/t10-,11+,13-/m0/s1. The predicted molar refractivity (Wildman–Crippen MR) is 89.6 cm³/mol. The van der Waals surface area contributed by atoms with Gasteiger partial charge in [-0.15, -0.1) is 23.1 Å². The van der Waals surface area contributed by atoms with Crippen LogP contribution in [0, 0.1) is 0 Å². The predicted octanol–water partition coefficient (Wildman–Crippen LogP) is 2.69. The topological polar surface area (TPSA) is 49.4 Å². The second kappa shape index (κ2) is 6.20. The van der Waals surface area contributed by atoms with E-state index in [1.54, 1.807) is 4.31 Å². The van der Waals surface area contributed by atoms with Crippen molar-refractivity contribution in [1.82, 2.24) is 9.62 Å². The first kappa shape index (κ1) is 15.8. The first-order valence-corrected chi connectivity index (χ1v) is 11.0. The van der Waals surface area contributed by atoms with Crippen LogP contribution in [0.3, 0.4) is 0 Å². The summed E-state index contributed by atoms with van der Waals surface area (Å²) in [4.78, 5) is 0. The summed E-state index contributed by atoms with van der Waals surface area (Å²) >= 11 is 3.77. The monoisotopic (exact) mass is 346 g/mol. The van der Waals surface area contributed by atoms with Crippen molar-refractivity contribution in [3.8, 4) is 0 Å². The molecule has 1 aromatic rings. The number of thioether (sulfide) groups is 1. The molecule has 3 rings (SSSR count). The van der Waals surface area contributed by atoms with Crippen LogP contribution in [-0.4, -0.2) is 43.4 Å². The van der Waals surface area contributed by atoms with Crippen LogP contribution in [0.15, 0.2) is 15.7 Å². The summed E-state index contributed by atoms with van der Waals surface area (Å²) in [5.74, 6) is 0. The van der Waals surface area contributed by atoms with Gasteiger partial charge in [0.1, 0.15) is 0 Å². The summed E-state index contributed by atoms with van der Waals surface area (Å²) in [6, 6.07) is 2.69. The number of fused-ring (bicyclic) bond motifs is 1. The van der Waals surface area contributed by atoms with Gasteiger partial charge in [0.25, 0.3) is 0 Å². The SMILES string of the molecule is C[C@H]1C[C@H](NC[C@H]2CCCN2S(C)(=O)=O)c2ccsc2S1. The summed E-state index contributed by atoms with van der Waals surface area (Å²) in [5.41, 5.74) is 1.40. The lowest BCUT2D eigenvalue weighted by Crippen LogP contribution is -2.42. The Hall–Kier alpha value is -0.0800. The lowest BCUT2D eigenvalue weighted by molar-refractivity contribution is 0.352. The van der Waals surface area contributed by atoms with Crippen molar-refractivity contribution in [1.29, 1.82) is 0 Å². The zero-order chi connectivity index (χ0) is 15.0. The van der Waals surface area contributed by atoms with Gasteiger partial charge in [-0.1, -0.05) is 6.92 Å². The molecular weight excluding hydrogens is 324 g/mol. The van der Waals surface area contributed by atoms with Gasteiger partial charge in [0.15, 0.2) is 0 Å². The third-order valence-electron chi connectivity index (χ3n) is 4.26. The summed E-state index contributed by atoms with van der Waals surface area (Å²) in [6.07, 6.45) is 4.37. The smallest absolute Gasteiger partial charge is 0.211 e. The van der Waals surface area contributed by atoms with Crippen LogP contribution in [0.5, 0.6) is 0 Å². The molecule has 0 saturated carbocycles. The van der Waals surface area contributed by atoms with E-state index in [2.05, 4.69) is 23.7 Å². The van der Waals surface area contributed by atoms with Gasteiger partial charge >= 0.3 is 0 Å². The molecule has 0 amide bonds. The summed E-state index contributed by atoms with van der Waals surface area (Å²) in [7, 11) is -3.07. The Labute approximate surface area is 135 Å². The Morgan fingerprint density at radius 3 is 3.05 bits per heavy atom. The molecule has 4 nitrogen and oxygen atoms in total. The highest BCUT2D eigenvalue weighted by Gasteiger charge is 2.33. The molecule has 1 aromatic heterocycles. The van der Waals surface area contributed by atoms with Crippen molar-refractivity contribution in [2.45, 2.75) is 47.7 Å². The normalized spacial score (nSPS) is 30.5. The number of hydrogen-bond donors (Lipinski definition) is 1. The largest absolute Gasteiger partial charge is 0.308 e. The van der Waals surface area contributed by atoms with E-state index in [4.69, 9.17) is 0 Å². The summed E-state index contributed by atoms with van der Waals surface area (Å²) in [5, 5.41) is 6.40. The van der Waals surface area contributed by atoms with E-state index in [1.165, 1.54) is 16.0 Å². The number of nitrogens with one attached hydrogen (secondary N) is 1. The van der Waals surface area contributed by atoms with E-state index in [1.807, 2.05) is 23.1 Å². The maximum atomic E-state index is 11.8. The van der Waals surface area contributed by atoms with E-state index in [0.29, 0.717) is 17.8 Å². The second-order valence-corrected chi connectivity index (χ2v) is 10.5. The highest BCUT2D eigenvalue weighted by atomic mass is 32.2. The minimum atomic E-state index is -3.07. The fourth-order valence-corrected chi connectivity index (χ4v) is 7.02. The van der Waals surface area contributed by atoms with Crippen LogP contribution in [-0.2, 0) is 10.0 Å². The van der Waals surface area contributed by atoms with Gasteiger partial charge in [-0.05, 0) is 36.3 Å². The molecule has 0 bridgehead atoms. The van der Waals surface area contributed by atoms with E-state index in [0.717, 1.165) is 25.8 Å². The first-order chi connectivity index (χ1) is 9.95. The zero-order valence-corrected chi connectivity index (χ0v) is 14.9. The summed E-state index contributed by atoms with van der Waals surface area (Å²) in [6.45, 7) is 3.69. The van der Waals surface area contributed by atoms with E-state index >= 15 is 0 Å². The Balaban J connectivity index is 1.66. The highest BCUT2D eigenvalue weighted by molar-refractivity contribution is 8.01. The van der Waals surface area contributed by atoms with Crippen LogP contribution in [0.4, 0.5) is 0 Å². The minimum absolute atomic E-state index is 0.118. The average molecular weight is 347 g/mol. The molecule has 2 aliphatic heterocycles. The average Bonchev–Trinajstić information content (AvgIpc) is 3.02. The van der Waals surface area contributed by atoms with Crippen molar-refractivity contribution < 1.29 is 8.42 Å². The lowest BCUT2D eigenvalue weighted by atomic mass is 10.0. The Morgan fingerprint density at radius 2 is 2.29 bits per heavy atom. The molecule has 118 valence electrons. The van der Waals surface area contributed by atoms with Crippen molar-refractivity contribution in [2.75, 3.05) is 19.3 Å². The van der Waals surface area contributed by atoms with Crippen LogP contribution < -0.4 is 5.32 Å². The molecule has 3 atom stereocenters. The number of hydrogen-bond acceptors (Lipinski definition) is 5. The molecule has 0 spiro atoms. The highest BCUT2D eigenvalue weighted by Crippen LogP contribution is 2.43. The number of rotatable bonds is 4. The third kappa shape index (κ3) is 3.47. The van der Waals surface area contributed by atoms with Crippen LogP contribution in [0.1, 0.15) is 37.8 Å². The maximum Gasteiger partial charge on any atom is 0.211 e. The maximum absolute atomic E-state index is 11.8. The third-order valence-corrected chi connectivity index (χ3v) is 7.94. The molecule has 0 aromatic carbocycles. The molecule has 3 heterocycles.